The molecule has 6 nitrogen and oxygen atoms in total. The first-order valence-corrected chi connectivity index (χ1v) is 6.34. The molecule has 3 heterocycles. The van der Waals surface area contributed by atoms with E-state index in [-0.39, 0.29) is 5.91 Å². The standard InChI is InChI=1S/C12H12ClN5O/c13-9-6-14-4-2-8(9)12(19)17-10-7-16-18-5-1-3-15-11(10)18/h2,4,6-7,15H,1,3,5H2,(H,17,19). The number of amides is 1. The quantitative estimate of drug-likeness (QED) is 0.881. The minimum Gasteiger partial charge on any atom is -0.368 e. The zero-order valence-corrected chi connectivity index (χ0v) is 10.8. The minimum atomic E-state index is -0.268. The van der Waals surface area contributed by atoms with Crippen LogP contribution in [0.5, 0.6) is 0 Å². The van der Waals surface area contributed by atoms with Gasteiger partial charge < -0.3 is 10.6 Å². The molecule has 98 valence electrons. The van der Waals surface area contributed by atoms with Crippen LogP contribution in [0.2, 0.25) is 5.02 Å². The lowest BCUT2D eigenvalue weighted by atomic mass is 10.2. The summed E-state index contributed by atoms with van der Waals surface area (Å²) in [5.74, 6) is 0.570. The van der Waals surface area contributed by atoms with E-state index in [1.54, 1.807) is 12.3 Å². The highest BCUT2D eigenvalue weighted by Gasteiger charge is 2.17. The molecule has 0 saturated carbocycles. The van der Waals surface area contributed by atoms with Gasteiger partial charge in [0.05, 0.1) is 16.8 Å². The van der Waals surface area contributed by atoms with Gasteiger partial charge in [0, 0.05) is 25.5 Å². The lowest BCUT2D eigenvalue weighted by Crippen LogP contribution is -2.19. The van der Waals surface area contributed by atoms with E-state index in [1.807, 2.05) is 4.68 Å². The summed E-state index contributed by atoms with van der Waals surface area (Å²) in [6.45, 7) is 1.73. The van der Waals surface area contributed by atoms with Crippen LogP contribution < -0.4 is 10.6 Å². The number of hydrogen-bond acceptors (Lipinski definition) is 4. The van der Waals surface area contributed by atoms with Crippen LogP contribution in [0.1, 0.15) is 16.8 Å². The van der Waals surface area contributed by atoms with Crippen molar-refractivity contribution >= 4 is 29.0 Å². The maximum Gasteiger partial charge on any atom is 0.257 e. The van der Waals surface area contributed by atoms with Gasteiger partial charge in [0.15, 0.2) is 0 Å². The van der Waals surface area contributed by atoms with Crippen molar-refractivity contribution in [2.24, 2.45) is 0 Å². The second-order valence-electron chi connectivity index (χ2n) is 4.22. The summed E-state index contributed by atoms with van der Waals surface area (Å²) in [6.07, 6.45) is 5.65. The molecule has 3 rings (SSSR count). The van der Waals surface area contributed by atoms with Gasteiger partial charge in [0.2, 0.25) is 0 Å². The Kier molecular flexibility index (Phi) is 3.08. The van der Waals surface area contributed by atoms with E-state index in [2.05, 4.69) is 20.7 Å². The number of halogens is 1. The molecule has 0 aliphatic carbocycles. The molecule has 1 aliphatic heterocycles. The van der Waals surface area contributed by atoms with Gasteiger partial charge in [0.1, 0.15) is 11.5 Å². The van der Waals surface area contributed by atoms with Crippen molar-refractivity contribution in [1.82, 2.24) is 14.8 Å². The maximum atomic E-state index is 12.1. The second-order valence-corrected chi connectivity index (χ2v) is 4.63. The summed E-state index contributed by atoms with van der Waals surface area (Å²) in [5, 5.41) is 10.6. The van der Waals surface area contributed by atoms with E-state index in [4.69, 9.17) is 11.6 Å². The van der Waals surface area contributed by atoms with Gasteiger partial charge in [-0.3, -0.25) is 9.78 Å². The van der Waals surface area contributed by atoms with Crippen LogP contribution in [-0.4, -0.2) is 27.2 Å². The first-order valence-electron chi connectivity index (χ1n) is 5.96. The first kappa shape index (κ1) is 12.0. The zero-order valence-electron chi connectivity index (χ0n) is 10.1. The molecular weight excluding hydrogens is 266 g/mol. The van der Waals surface area contributed by atoms with Gasteiger partial charge >= 0.3 is 0 Å². The van der Waals surface area contributed by atoms with Gasteiger partial charge in [-0.1, -0.05) is 11.6 Å². The van der Waals surface area contributed by atoms with Crippen LogP contribution in [0.3, 0.4) is 0 Å². The number of nitrogens with zero attached hydrogens (tertiary/aromatic N) is 3. The Hall–Kier alpha value is -2.08. The number of anilines is 2. The molecule has 1 amide bonds. The number of nitrogens with one attached hydrogen (secondary N) is 2. The molecular formula is C12H12ClN5O. The summed E-state index contributed by atoms with van der Waals surface area (Å²) in [7, 11) is 0. The van der Waals surface area contributed by atoms with E-state index < -0.39 is 0 Å². The van der Waals surface area contributed by atoms with Crippen LogP contribution >= 0.6 is 11.6 Å². The van der Waals surface area contributed by atoms with E-state index in [1.165, 1.54) is 12.4 Å². The number of pyridine rings is 1. The summed E-state index contributed by atoms with van der Waals surface area (Å²) in [5.41, 5.74) is 1.06. The van der Waals surface area contributed by atoms with E-state index >= 15 is 0 Å². The maximum absolute atomic E-state index is 12.1. The summed E-state index contributed by atoms with van der Waals surface area (Å²) < 4.78 is 1.84. The second kappa shape index (κ2) is 4.89. The Bertz CT molecular complexity index is 624. The summed E-state index contributed by atoms with van der Waals surface area (Å²) in [4.78, 5) is 16.0. The fraction of sp³-hybridized carbons (Fsp3) is 0.250. The molecule has 0 unspecified atom stereocenters. The SMILES string of the molecule is O=C(Nc1cnn2c1NCCC2)c1ccncc1Cl. The molecule has 0 fully saturated rings. The van der Waals surface area contributed by atoms with Crippen molar-refractivity contribution in [3.05, 3.63) is 35.2 Å². The van der Waals surface area contributed by atoms with Gasteiger partial charge in [-0.25, -0.2) is 4.68 Å². The zero-order chi connectivity index (χ0) is 13.2. The molecule has 2 aromatic rings. The van der Waals surface area contributed by atoms with Gasteiger partial charge in [-0.2, -0.15) is 5.10 Å². The van der Waals surface area contributed by atoms with Crippen LogP contribution in [0, 0.1) is 0 Å². The third kappa shape index (κ3) is 2.26. The van der Waals surface area contributed by atoms with Crippen molar-refractivity contribution in [2.75, 3.05) is 17.2 Å². The van der Waals surface area contributed by atoms with Crippen LogP contribution in [0.25, 0.3) is 0 Å². The van der Waals surface area contributed by atoms with Crippen LogP contribution in [-0.2, 0) is 6.54 Å². The Morgan fingerprint density at radius 2 is 2.37 bits per heavy atom. The first-order chi connectivity index (χ1) is 9.25. The molecule has 2 aromatic heterocycles. The lowest BCUT2D eigenvalue weighted by molar-refractivity contribution is 0.102. The van der Waals surface area contributed by atoms with E-state index in [0.29, 0.717) is 16.3 Å². The van der Waals surface area contributed by atoms with Crippen molar-refractivity contribution in [2.45, 2.75) is 13.0 Å². The number of carbonyl (C=O) groups excluding carboxylic acids is 1. The Labute approximate surface area is 114 Å². The van der Waals surface area contributed by atoms with Gasteiger partial charge in [-0.15, -0.1) is 0 Å². The molecule has 1 aliphatic rings. The number of carbonyl (C=O) groups is 1. The highest BCUT2D eigenvalue weighted by molar-refractivity contribution is 6.34. The fourth-order valence-corrected chi connectivity index (χ4v) is 2.22. The Morgan fingerprint density at radius 1 is 1.47 bits per heavy atom. The number of aryl methyl sites for hydroxylation is 1. The fourth-order valence-electron chi connectivity index (χ4n) is 2.02. The molecule has 0 saturated heterocycles. The molecule has 0 bridgehead atoms. The van der Waals surface area contributed by atoms with E-state index in [9.17, 15) is 4.79 Å². The van der Waals surface area contributed by atoms with Crippen molar-refractivity contribution in [3.63, 3.8) is 0 Å². The topological polar surface area (TPSA) is 71.8 Å². The average Bonchev–Trinajstić information content (AvgIpc) is 2.83. The minimum absolute atomic E-state index is 0.268. The van der Waals surface area contributed by atoms with Gasteiger partial charge in [0.25, 0.3) is 5.91 Å². The van der Waals surface area contributed by atoms with Crippen molar-refractivity contribution in [1.29, 1.82) is 0 Å². The Balaban J connectivity index is 1.84. The highest BCUT2D eigenvalue weighted by atomic mass is 35.5. The van der Waals surface area contributed by atoms with E-state index in [0.717, 1.165) is 25.3 Å². The average molecular weight is 278 g/mol. The van der Waals surface area contributed by atoms with Crippen molar-refractivity contribution in [3.8, 4) is 0 Å². The summed E-state index contributed by atoms with van der Waals surface area (Å²) >= 11 is 5.94. The number of rotatable bonds is 2. The molecule has 0 aromatic carbocycles. The third-order valence-corrected chi connectivity index (χ3v) is 3.25. The highest BCUT2D eigenvalue weighted by Crippen LogP contribution is 2.25. The molecule has 19 heavy (non-hydrogen) atoms. The normalized spacial score (nSPS) is 13.5. The molecule has 2 N–H and O–H groups in total. The summed E-state index contributed by atoms with van der Waals surface area (Å²) in [6, 6.07) is 1.58. The number of hydrogen-bond donors (Lipinski definition) is 2. The third-order valence-electron chi connectivity index (χ3n) is 2.94. The molecule has 0 spiro atoms. The van der Waals surface area contributed by atoms with Gasteiger partial charge in [-0.05, 0) is 12.5 Å². The number of aromatic nitrogens is 3. The van der Waals surface area contributed by atoms with Crippen LogP contribution in [0.15, 0.2) is 24.7 Å². The largest absolute Gasteiger partial charge is 0.368 e. The Morgan fingerprint density at radius 3 is 3.21 bits per heavy atom. The van der Waals surface area contributed by atoms with Crippen molar-refractivity contribution < 1.29 is 4.79 Å². The molecule has 7 heteroatoms. The lowest BCUT2D eigenvalue weighted by Gasteiger charge is -2.17. The molecule has 0 atom stereocenters. The monoisotopic (exact) mass is 277 g/mol. The predicted octanol–water partition coefficient (Wildman–Crippen LogP) is 2.00. The predicted molar refractivity (Wildman–Crippen MR) is 72.5 cm³/mol. The van der Waals surface area contributed by atoms with Crippen LogP contribution in [0.4, 0.5) is 11.5 Å². The number of fused-ring (bicyclic) bond motifs is 1. The molecule has 0 radical (unpaired) electrons. The smallest absolute Gasteiger partial charge is 0.257 e.